The van der Waals surface area contributed by atoms with Crippen LogP contribution in [0.2, 0.25) is 0 Å². The normalized spacial score (nSPS) is 21.6. The molecule has 0 amide bonds. The summed E-state index contributed by atoms with van der Waals surface area (Å²) in [5, 5.41) is 9.35. The van der Waals surface area contributed by atoms with Gasteiger partial charge < -0.3 is 5.11 Å². The van der Waals surface area contributed by atoms with Gasteiger partial charge in [-0.3, -0.25) is 9.59 Å². The molecule has 1 fully saturated rings. The Labute approximate surface area is 107 Å². The third-order valence-electron chi connectivity index (χ3n) is 3.70. The fraction of sp³-hybridized carbons (Fsp3) is 0.467. The van der Waals surface area contributed by atoms with E-state index in [0.29, 0.717) is 12.8 Å². The van der Waals surface area contributed by atoms with Gasteiger partial charge in [0.1, 0.15) is 5.78 Å². The number of carboxylic acids is 1. The van der Waals surface area contributed by atoms with E-state index in [1.54, 1.807) is 0 Å². The summed E-state index contributed by atoms with van der Waals surface area (Å²) in [5.74, 6) is -1.58. The highest BCUT2D eigenvalue weighted by atomic mass is 16.4. The number of benzene rings is 1. The monoisotopic (exact) mass is 246 g/mol. The molecule has 96 valence electrons. The van der Waals surface area contributed by atoms with Crippen LogP contribution in [-0.2, 0) is 16.0 Å². The van der Waals surface area contributed by atoms with Crippen LogP contribution in [0.15, 0.2) is 30.3 Å². The number of Topliss-reactive ketones (excluding diaryl/α,β-unsaturated/α-hetero) is 1. The van der Waals surface area contributed by atoms with Crippen LogP contribution in [0.25, 0.3) is 0 Å². The summed E-state index contributed by atoms with van der Waals surface area (Å²) in [6, 6.07) is 9.55. The second-order valence-corrected chi connectivity index (χ2v) is 4.95. The molecule has 2 rings (SSSR count). The van der Waals surface area contributed by atoms with E-state index in [4.69, 9.17) is 0 Å². The molecule has 1 aromatic rings. The molecule has 0 radical (unpaired) electrons. The van der Waals surface area contributed by atoms with Crippen molar-refractivity contribution >= 4 is 11.8 Å². The Morgan fingerprint density at radius 3 is 2.61 bits per heavy atom. The van der Waals surface area contributed by atoms with Gasteiger partial charge in [-0.15, -0.1) is 0 Å². The molecule has 1 N–H and O–H groups in total. The maximum atomic E-state index is 11.9. The third-order valence-corrected chi connectivity index (χ3v) is 3.70. The standard InChI is InChI=1S/C15H18O3/c16-14-9-5-4-8-12(14)13(15(17)18)10-11-6-2-1-3-7-11/h1-3,6-7,12-13H,4-5,8-10H2,(H,17,18). The highest BCUT2D eigenvalue weighted by molar-refractivity contribution is 5.86. The van der Waals surface area contributed by atoms with Crippen molar-refractivity contribution in [3.63, 3.8) is 0 Å². The number of ketones is 1. The number of rotatable bonds is 4. The van der Waals surface area contributed by atoms with Crippen LogP contribution in [0.4, 0.5) is 0 Å². The van der Waals surface area contributed by atoms with E-state index >= 15 is 0 Å². The number of carboxylic acid groups (broad SMARTS) is 1. The molecule has 0 aromatic heterocycles. The molecule has 0 bridgehead atoms. The molecule has 1 saturated carbocycles. The highest BCUT2D eigenvalue weighted by Crippen LogP contribution is 2.29. The largest absolute Gasteiger partial charge is 0.481 e. The van der Waals surface area contributed by atoms with Crippen LogP contribution in [-0.4, -0.2) is 16.9 Å². The van der Waals surface area contributed by atoms with Crippen LogP contribution in [0.5, 0.6) is 0 Å². The lowest BCUT2D eigenvalue weighted by Gasteiger charge is -2.26. The van der Waals surface area contributed by atoms with Crippen molar-refractivity contribution in [2.24, 2.45) is 11.8 Å². The van der Waals surface area contributed by atoms with Crippen molar-refractivity contribution < 1.29 is 14.7 Å². The van der Waals surface area contributed by atoms with Crippen LogP contribution in [0, 0.1) is 11.8 Å². The van der Waals surface area contributed by atoms with E-state index in [9.17, 15) is 14.7 Å². The van der Waals surface area contributed by atoms with Crippen LogP contribution < -0.4 is 0 Å². The van der Waals surface area contributed by atoms with Gasteiger partial charge in [0.25, 0.3) is 0 Å². The minimum atomic E-state index is -0.848. The van der Waals surface area contributed by atoms with E-state index < -0.39 is 11.9 Å². The van der Waals surface area contributed by atoms with Gasteiger partial charge in [0, 0.05) is 12.3 Å². The van der Waals surface area contributed by atoms with Crippen molar-refractivity contribution in [3.05, 3.63) is 35.9 Å². The lowest BCUT2D eigenvalue weighted by Crippen LogP contribution is -2.33. The minimum Gasteiger partial charge on any atom is -0.481 e. The lowest BCUT2D eigenvalue weighted by molar-refractivity contribution is -0.147. The summed E-state index contributed by atoms with van der Waals surface area (Å²) in [5.41, 5.74) is 0.989. The first kappa shape index (κ1) is 12.8. The van der Waals surface area contributed by atoms with Crippen molar-refractivity contribution in [3.8, 4) is 0 Å². The summed E-state index contributed by atoms with van der Waals surface area (Å²) >= 11 is 0. The molecule has 0 saturated heterocycles. The summed E-state index contributed by atoms with van der Waals surface area (Å²) < 4.78 is 0. The third kappa shape index (κ3) is 2.97. The zero-order valence-corrected chi connectivity index (χ0v) is 10.3. The topological polar surface area (TPSA) is 54.4 Å². The molecule has 1 aliphatic carbocycles. The Kier molecular flexibility index (Phi) is 4.13. The van der Waals surface area contributed by atoms with Crippen LogP contribution >= 0.6 is 0 Å². The molecule has 1 aliphatic rings. The molecular weight excluding hydrogens is 228 g/mol. The highest BCUT2D eigenvalue weighted by Gasteiger charge is 2.34. The number of hydrogen-bond donors (Lipinski definition) is 1. The first-order valence-electron chi connectivity index (χ1n) is 6.48. The Morgan fingerprint density at radius 2 is 2.00 bits per heavy atom. The number of hydrogen-bond acceptors (Lipinski definition) is 2. The molecule has 1 aromatic carbocycles. The maximum Gasteiger partial charge on any atom is 0.307 e. The Hall–Kier alpha value is -1.64. The van der Waals surface area contributed by atoms with E-state index in [2.05, 4.69) is 0 Å². The van der Waals surface area contributed by atoms with E-state index in [-0.39, 0.29) is 11.7 Å². The first-order valence-corrected chi connectivity index (χ1v) is 6.48. The zero-order chi connectivity index (χ0) is 13.0. The molecule has 2 atom stereocenters. The molecule has 3 nitrogen and oxygen atoms in total. The van der Waals surface area contributed by atoms with Gasteiger partial charge in [-0.2, -0.15) is 0 Å². The van der Waals surface area contributed by atoms with Gasteiger partial charge in [-0.05, 0) is 24.8 Å². The number of carbonyl (C=O) groups excluding carboxylic acids is 1. The maximum absolute atomic E-state index is 11.9. The number of carbonyl (C=O) groups is 2. The SMILES string of the molecule is O=C(O)C(Cc1ccccc1)C1CCCCC1=O. The quantitative estimate of drug-likeness (QED) is 0.888. The van der Waals surface area contributed by atoms with E-state index in [1.807, 2.05) is 30.3 Å². The van der Waals surface area contributed by atoms with Crippen LogP contribution in [0.1, 0.15) is 31.2 Å². The minimum absolute atomic E-state index is 0.129. The Balaban J connectivity index is 2.13. The summed E-state index contributed by atoms with van der Waals surface area (Å²) in [4.78, 5) is 23.3. The average Bonchev–Trinajstić information content (AvgIpc) is 2.38. The van der Waals surface area contributed by atoms with E-state index in [0.717, 1.165) is 24.8 Å². The first-order chi connectivity index (χ1) is 8.68. The van der Waals surface area contributed by atoms with Crippen molar-refractivity contribution in [1.29, 1.82) is 0 Å². The van der Waals surface area contributed by atoms with Crippen molar-refractivity contribution in [2.45, 2.75) is 32.1 Å². The average molecular weight is 246 g/mol. The smallest absolute Gasteiger partial charge is 0.307 e. The van der Waals surface area contributed by atoms with Gasteiger partial charge in [-0.1, -0.05) is 36.8 Å². The van der Waals surface area contributed by atoms with Crippen molar-refractivity contribution in [2.75, 3.05) is 0 Å². The summed E-state index contributed by atoms with van der Waals surface area (Å²) in [6.45, 7) is 0. The zero-order valence-electron chi connectivity index (χ0n) is 10.3. The molecule has 18 heavy (non-hydrogen) atoms. The molecule has 0 aliphatic heterocycles. The Bertz CT molecular complexity index is 425. The van der Waals surface area contributed by atoms with Gasteiger partial charge in [0.15, 0.2) is 0 Å². The van der Waals surface area contributed by atoms with Gasteiger partial charge in [-0.25, -0.2) is 0 Å². The molecule has 0 heterocycles. The molecule has 0 spiro atoms. The second-order valence-electron chi connectivity index (χ2n) is 4.95. The van der Waals surface area contributed by atoms with Crippen LogP contribution in [0.3, 0.4) is 0 Å². The fourth-order valence-electron chi connectivity index (χ4n) is 2.71. The molecule has 3 heteroatoms. The van der Waals surface area contributed by atoms with Gasteiger partial charge in [0.2, 0.25) is 0 Å². The summed E-state index contributed by atoms with van der Waals surface area (Å²) in [7, 11) is 0. The van der Waals surface area contributed by atoms with Gasteiger partial charge in [0.05, 0.1) is 5.92 Å². The van der Waals surface area contributed by atoms with E-state index in [1.165, 1.54) is 0 Å². The Morgan fingerprint density at radius 1 is 1.28 bits per heavy atom. The fourth-order valence-corrected chi connectivity index (χ4v) is 2.71. The van der Waals surface area contributed by atoms with Crippen molar-refractivity contribution in [1.82, 2.24) is 0 Å². The molecule has 2 unspecified atom stereocenters. The van der Waals surface area contributed by atoms with Gasteiger partial charge >= 0.3 is 5.97 Å². The second kappa shape index (κ2) is 5.80. The summed E-state index contributed by atoms with van der Waals surface area (Å²) in [6.07, 6.45) is 3.60. The molecular formula is C15H18O3. The predicted octanol–water partition coefficient (Wildman–Crippen LogP) is 2.69. The number of aliphatic carboxylic acids is 1. The lowest BCUT2D eigenvalue weighted by atomic mass is 9.76. The predicted molar refractivity (Wildman–Crippen MR) is 68.2 cm³/mol.